The van der Waals surface area contributed by atoms with E-state index in [1.807, 2.05) is 19.1 Å². The third-order valence-corrected chi connectivity index (χ3v) is 2.45. The summed E-state index contributed by atoms with van der Waals surface area (Å²) in [6.07, 6.45) is 1.79. The number of pyridine rings is 1. The molecule has 17 heavy (non-hydrogen) atoms. The van der Waals surface area contributed by atoms with Gasteiger partial charge in [-0.3, -0.25) is 0 Å². The van der Waals surface area contributed by atoms with Crippen molar-refractivity contribution in [1.29, 1.82) is 0 Å². The van der Waals surface area contributed by atoms with Crippen molar-refractivity contribution >= 4 is 0 Å². The number of nitrogens with zero attached hydrogens (tertiary/aromatic N) is 1. The molecule has 0 aromatic carbocycles. The molecule has 0 bridgehead atoms. The van der Waals surface area contributed by atoms with Crippen molar-refractivity contribution in [1.82, 2.24) is 10.3 Å². The Labute approximate surface area is 101 Å². The fraction of sp³-hybridized carbons (Fsp3) is 0.583. The van der Waals surface area contributed by atoms with Crippen molar-refractivity contribution in [3.05, 3.63) is 18.3 Å². The molecule has 1 atom stereocenters. The highest BCUT2D eigenvalue weighted by Crippen LogP contribution is 2.23. The monoisotopic (exact) mass is 238 g/mol. The largest absolute Gasteiger partial charge is 0.485 e. The molecule has 2 heterocycles. The molecular formula is C12H18N2O3. The summed E-state index contributed by atoms with van der Waals surface area (Å²) in [5, 5.41) is 3.26. The third kappa shape index (κ3) is 3.57. The minimum absolute atomic E-state index is 0.0958. The predicted octanol–water partition coefficient (Wildman–Crippen LogP) is 0.847. The van der Waals surface area contributed by atoms with Gasteiger partial charge in [0.05, 0.1) is 13.2 Å². The van der Waals surface area contributed by atoms with Gasteiger partial charge in [0.15, 0.2) is 5.75 Å². The summed E-state index contributed by atoms with van der Waals surface area (Å²) in [6.45, 7) is 5.48. The Bertz CT molecular complexity index is 340. The van der Waals surface area contributed by atoms with Crippen LogP contribution in [0.3, 0.4) is 0 Å². The molecule has 0 saturated carbocycles. The van der Waals surface area contributed by atoms with Crippen molar-refractivity contribution in [2.75, 3.05) is 32.9 Å². The van der Waals surface area contributed by atoms with Crippen LogP contribution < -0.4 is 14.8 Å². The molecule has 1 aliphatic heterocycles. The van der Waals surface area contributed by atoms with Gasteiger partial charge in [0, 0.05) is 19.3 Å². The van der Waals surface area contributed by atoms with Gasteiger partial charge in [-0.25, -0.2) is 4.98 Å². The fourth-order valence-electron chi connectivity index (χ4n) is 1.64. The van der Waals surface area contributed by atoms with Crippen LogP contribution in [0, 0.1) is 0 Å². The maximum absolute atomic E-state index is 5.68. The average Bonchev–Trinajstić information content (AvgIpc) is 2.39. The summed E-state index contributed by atoms with van der Waals surface area (Å²) in [5.41, 5.74) is 0. The average molecular weight is 238 g/mol. The van der Waals surface area contributed by atoms with Gasteiger partial charge >= 0.3 is 0 Å². The normalized spacial score (nSPS) is 19.9. The Morgan fingerprint density at radius 1 is 1.53 bits per heavy atom. The summed E-state index contributed by atoms with van der Waals surface area (Å²) in [7, 11) is 0. The number of nitrogens with one attached hydrogen (secondary N) is 1. The summed E-state index contributed by atoms with van der Waals surface area (Å²) in [5.74, 6) is 1.21. The van der Waals surface area contributed by atoms with Crippen LogP contribution in [-0.2, 0) is 4.74 Å². The van der Waals surface area contributed by atoms with E-state index in [0.29, 0.717) is 24.8 Å². The first-order valence-corrected chi connectivity index (χ1v) is 5.93. The molecule has 0 amide bonds. The Hall–Kier alpha value is -1.33. The zero-order valence-electron chi connectivity index (χ0n) is 10.0. The first-order valence-electron chi connectivity index (χ1n) is 5.93. The molecule has 1 saturated heterocycles. The van der Waals surface area contributed by atoms with E-state index in [1.165, 1.54) is 0 Å². The van der Waals surface area contributed by atoms with E-state index in [2.05, 4.69) is 10.3 Å². The number of ether oxygens (including phenoxy) is 3. The number of hydrogen-bond donors (Lipinski definition) is 1. The lowest BCUT2D eigenvalue weighted by molar-refractivity contribution is -0.000483. The third-order valence-electron chi connectivity index (χ3n) is 2.45. The van der Waals surface area contributed by atoms with Gasteiger partial charge in [-0.2, -0.15) is 0 Å². The highest BCUT2D eigenvalue weighted by molar-refractivity contribution is 5.32. The number of hydrogen-bond acceptors (Lipinski definition) is 5. The van der Waals surface area contributed by atoms with Crippen LogP contribution in [0.15, 0.2) is 18.3 Å². The van der Waals surface area contributed by atoms with Gasteiger partial charge < -0.3 is 19.5 Å². The van der Waals surface area contributed by atoms with E-state index >= 15 is 0 Å². The minimum atomic E-state index is 0.0958. The second-order valence-electron chi connectivity index (χ2n) is 3.75. The Morgan fingerprint density at radius 3 is 3.24 bits per heavy atom. The van der Waals surface area contributed by atoms with Gasteiger partial charge in [-0.15, -0.1) is 0 Å². The zero-order chi connectivity index (χ0) is 11.9. The molecule has 1 N–H and O–H groups in total. The fourth-order valence-corrected chi connectivity index (χ4v) is 1.64. The molecule has 0 unspecified atom stereocenters. The topological polar surface area (TPSA) is 52.6 Å². The molecule has 1 aromatic rings. The van der Waals surface area contributed by atoms with E-state index in [-0.39, 0.29) is 6.10 Å². The molecule has 5 nitrogen and oxygen atoms in total. The second kappa shape index (κ2) is 6.42. The Balaban J connectivity index is 1.88. The molecular weight excluding hydrogens is 220 g/mol. The highest BCUT2D eigenvalue weighted by Gasteiger charge is 2.15. The lowest BCUT2D eigenvalue weighted by Crippen LogP contribution is -2.41. The minimum Gasteiger partial charge on any atom is -0.485 e. The molecule has 0 spiro atoms. The van der Waals surface area contributed by atoms with Gasteiger partial charge in [-0.1, -0.05) is 0 Å². The van der Waals surface area contributed by atoms with Crippen molar-refractivity contribution in [2.24, 2.45) is 0 Å². The summed E-state index contributed by atoms with van der Waals surface area (Å²) in [4.78, 5) is 4.13. The first kappa shape index (κ1) is 12.1. The quantitative estimate of drug-likeness (QED) is 0.824. The van der Waals surface area contributed by atoms with Gasteiger partial charge in [0.1, 0.15) is 12.7 Å². The smallest absolute Gasteiger partial charge is 0.256 e. The van der Waals surface area contributed by atoms with E-state index in [9.17, 15) is 0 Å². The predicted molar refractivity (Wildman–Crippen MR) is 63.5 cm³/mol. The van der Waals surface area contributed by atoms with E-state index in [1.54, 1.807) is 6.20 Å². The van der Waals surface area contributed by atoms with Gasteiger partial charge in [0.25, 0.3) is 5.88 Å². The van der Waals surface area contributed by atoms with Gasteiger partial charge in [-0.05, 0) is 19.1 Å². The highest BCUT2D eigenvalue weighted by atomic mass is 16.5. The standard InChI is InChI=1S/C12H18N2O3/c1-2-15-12-11(4-3-5-14-12)17-9-10-8-13-6-7-16-10/h3-5,10,13H,2,6-9H2,1H3/t10-/m0/s1. The van der Waals surface area contributed by atoms with Crippen LogP contribution in [0.1, 0.15) is 6.92 Å². The van der Waals surface area contributed by atoms with Crippen LogP contribution in [0.2, 0.25) is 0 Å². The van der Waals surface area contributed by atoms with Crippen molar-refractivity contribution in [3.63, 3.8) is 0 Å². The molecule has 94 valence electrons. The number of morpholine rings is 1. The molecule has 1 aliphatic rings. The zero-order valence-corrected chi connectivity index (χ0v) is 10.0. The van der Waals surface area contributed by atoms with Gasteiger partial charge in [0.2, 0.25) is 0 Å². The van der Waals surface area contributed by atoms with Crippen molar-refractivity contribution in [3.8, 4) is 11.6 Å². The van der Waals surface area contributed by atoms with Crippen LogP contribution in [0.4, 0.5) is 0 Å². The van der Waals surface area contributed by atoms with E-state index in [0.717, 1.165) is 19.7 Å². The first-order chi connectivity index (χ1) is 8.40. The lowest BCUT2D eigenvalue weighted by Gasteiger charge is -2.23. The van der Waals surface area contributed by atoms with Crippen LogP contribution >= 0.6 is 0 Å². The summed E-state index contributed by atoms with van der Waals surface area (Å²) >= 11 is 0. The lowest BCUT2D eigenvalue weighted by atomic mass is 10.3. The maximum Gasteiger partial charge on any atom is 0.256 e. The van der Waals surface area contributed by atoms with Crippen LogP contribution in [0.5, 0.6) is 11.6 Å². The molecule has 0 aliphatic carbocycles. The molecule has 5 heteroatoms. The second-order valence-corrected chi connectivity index (χ2v) is 3.75. The molecule has 1 fully saturated rings. The van der Waals surface area contributed by atoms with E-state index in [4.69, 9.17) is 14.2 Å². The summed E-state index contributed by atoms with van der Waals surface area (Å²) < 4.78 is 16.6. The Morgan fingerprint density at radius 2 is 2.47 bits per heavy atom. The molecule has 0 radical (unpaired) electrons. The maximum atomic E-state index is 5.68. The SMILES string of the molecule is CCOc1ncccc1OC[C@@H]1CNCCO1. The van der Waals surface area contributed by atoms with Crippen LogP contribution in [0.25, 0.3) is 0 Å². The Kier molecular flexibility index (Phi) is 4.58. The van der Waals surface area contributed by atoms with Crippen molar-refractivity contribution in [2.45, 2.75) is 13.0 Å². The summed E-state index contributed by atoms with van der Waals surface area (Å²) in [6, 6.07) is 3.69. The number of rotatable bonds is 5. The molecule has 2 rings (SSSR count). The van der Waals surface area contributed by atoms with Crippen LogP contribution in [-0.4, -0.2) is 44.0 Å². The number of aromatic nitrogens is 1. The van der Waals surface area contributed by atoms with E-state index < -0.39 is 0 Å². The molecule has 1 aromatic heterocycles. The van der Waals surface area contributed by atoms with Crippen molar-refractivity contribution < 1.29 is 14.2 Å².